The number of ether oxygens (including phenoxy) is 2. The molecule has 0 spiro atoms. The van der Waals surface area contributed by atoms with E-state index in [1.54, 1.807) is 0 Å². The summed E-state index contributed by atoms with van der Waals surface area (Å²) in [6.45, 7) is 3.32. The average molecular weight is 282 g/mol. The van der Waals surface area contributed by atoms with Crippen molar-refractivity contribution in [2.75, 3.05) is 18.5 Å². The highest BCUT2D eigenvalue weighted by Crippen LogP contribution is 2.24. The quantitative estimate of drug-likeness (QED) is 0.843. The van der Waals surface area contributed by atoms with Crippen LogP contribution in [0.3, 0.4) is 0 Å². The van der Waals surface area contributed by atoms with Crippen LogP contribution in [0.15, 0.2) is 48.5 Å². The Hall–Kier alpha value is -2.67. The summed E-state index contributed by atoms with van der Waals surface area (Å²) in [5.41, 5.74) is 2.04. The number of anilines is 1. The van der Waals surface area contributed by atoms with Crippen LogP contribution >= 0.6 is 0 Å². The second-order valence-electron chi connectivity index (χ2n) is 4.38. The highest BCUT2D eigenvalue weighted by Gasteiger charge is 2.02. The van der Waals surface area contributed by atoms with Gasteiger partial charge in [0.1, 0.15) is 17.6 Å². The van der Waals surface area contributed by atoms with Gasteiger partial charge in [-0.25, -0.2) is 0 Å². The van der Waals surface area contributed by atoms with E-state index in [1.807, 2.05) is 61.5 Å². The fraction of sp³-hybridized carbons (Fsp3) is 0.235. The maximum atomic E-state index is 8.53. The second kappa shape index (κ2) is 7.81. The van der Waals surface area contributed by atoms with Gasteiger partial charge >= 0.3 is 0 Å². The van der Waals surface area contributed by atoms with E-state index >= 15 is 0 Å². The molecule has 0 aliphatic heterocycles. The third kappa shape index (κ3) is 4.43. The maximum Gasteiger partial charge on any atom is 0.174 e. The molecule has 2 aromatic carbocycles. The number of rotatable bonds is 7. The second-order valence-corrected chi connectivity index (χ2v) is 4.38. The molecule has 0 amide bonds. The molecule has 0 heterocycles. The minimum Gasteiger partial charge on any atom is -0.492 e. The fourth-order valence-electron chi connectivity index (χ4n) is 1.95. The van der Waals surface area contributed by atoms with Crippen LogP contribution in [-0.4, -0.2) is 13.2 Å². The molecule has 0 aromatic heterocycles. The first-order chi connectivity index (χ1) is 10.3. The van der Waals surface area contributed by atoms with E-state index < -0.39 is 0 Å². The predicted octanol–water partition coefficient (Wildman–Crippen LogP) is 3.60. The molecule has 0 aliphatic carbocycles. The minimum atomic E-state index is 0.0596. The normalized spacial score (nSPS) is 9.71. The van der Waals surface area contributed by atoms with E-state index in [2.05, 4.69) is 5.32 Å². The van der Waals surface area contributed by atoms with Crippen LogP contribution in [0.2, 0.25) is 0 Å². The lowest BCUT2D eigenvalue weighted by atomic mass is 10.2. The molecular formula is C17H18N2O2. The molecule has 0 fully saturated rings. The Kier molecular flexibility index (Phi) is 5.48. The Balaban J connectivity index is 2.01. The topological polar surface area (TPSA) is 54.3 Å². The van der Waals surface area contributed by atoms with Gasteiger partial charge in [0.2, 0.25) is 0 Å². The lowest BCUT2D eigenvalue weighted by Crippen LogP contribution is -2.03. The zero-order valence-electron chi connectivity index (χ0n) is 12.0. The Morgan fingerprint density at radius 1 is 1.10 bits per heavy atom. The third-order valence-corrected chi connectivity index (χ3v) is 2.87. The van der Waals surface area contributed by atoms with Gasteiger partial charge < -0.3 is 14.8 Å². The number of nitriles is 1. The smallest absolute Gasteiger partial charge is 0.174 e. The minimum absolute atomic E-state index is 0.0596. The Bertz CT molecular complexity index is 620. The van der Waals surface area contributed by atoms with Crippen molar-refractivity contribution in [2.24, 2.45) is 0 Å². The van der Waals surface area contributed by atoms with Gasteiger partial charge in [-0.3, -0.25) is 0 Å². The summed E-state index contributed by atoms with van der Waals surface area (Å²) in [6.07, 6.45) is 0. The molecule has 0 bridgehead atoms. The molecule has 21 heavy (non-hydrogen) atoms. The summed E-state index contributed by atoms with van der Waals surface area (Å²) in [6, 6.07) is 17.5. The highest BCUT2D eigenvalue weighted by molar-refractivity contribution is 5.56. The van der Waals surface area contributed by atoms with Gasteiger partial charge in [0.25, 0.3) is 0 Å². The van der Waals surface area contributed by atoms with Crippen LogP contribution in [0.4, 0.5) is 5.69 Å². The molecule has 108 valence electrons. The molecule has 0 atom stereocenters. The molecule has 2 rings (SSSR count). The van der Waals surface area contributed by atoms with E-state index in [0.717, 1.165) is 17.0 Å². The van der Waals surface area contributed by atoms with Crippen molar-refractivity contribution in [3.8, 4) is 17.6 Å². The summed E-state index contributed by atoms with van der Waals surface area (Å²) in [5.74, 6) is 1.55. The molecule has 0 aliphatic rings. The zero-order valence-corrected chi connectivity index (χ0v) is 12.0. The predicted molar refractivity (Wildman–Crippen MR) is 82.5 cm³/mol. The van der Waals surface area contributed by atoms with Crippen molar-refractivity contribution in [1.82, 2.24) is 0 Å². The number of hydrogen-bond acceptors (Lipinski definition) is 4. The number of para-hydroxylation sites is 2. The Morgan fingerprint density at radius 3 is 2.76 bits per heavy atom. The zero-order chi connectivity index (χ0) is 14.9. The SMILES string of the molecule is CCOc1ccccc1NCc1cccc(OCC#N)c1. The average Bonchev–Trinajstić information content (AvgIpc) is 2.53. The molecule has 0 radical (unpaired) electrons. The summed E-state index contributed by atoms with van der Waals surface area (Å²) in [7, 11) is 0. The first kappa shape index (κ1) is 14.7. The van der Waals surface area contributed by atoms with E-state index in [0.29, 0.717) is 18.9 Å². The number of nitrogens with one attached hydrogen (secondary N) is 1. The van der Waals surface area contributed by atoms with E-state index in [9.17, 15) is 0 Å². The van der Waals surface area contributed by atoms with Gasteiger partial charge in [-0.1, -0.05) is 24.3 Å². The third-order valence-electron chi connectivity index (χ3n) is 2.87. The number of nitrogens with zero attached hydrogens (tertiary/aromatic N) is 1. The van der Waals surface area contributed by atoms with Crippen LogP contribution < -0.4 is 14.8 Å². The maximum absolute atomic E-state index is 8.53. The van der Waals surface area contributed by atoms with E-state index in [4.69, 9.17) is 14.7 Å². The van der Waals surface area contributed by atoms with Crippen molar-refractivity contribution in [3.05, 3.63) is 54.1 Å². The first-order valence-corrected chi connectivity index (χ1v) is 6.88. The van der Waals surface area contributed by atoms with Crippen molar-refractivity contribution in [1.29, 1.82) is 5.26 Å². The fourth-order valence-corrected chi connectivity index (χ4v) is 1.95. The highest BCUT2D eigenvalue weighted by atomic mass is 16.5. The first-order valence-electron chi connectivity index (χ1n) is 6.88. The molecule has 0 saturated heterocycles. The molecule has 2 aromatic rings. The monoisotopic (exact) mass is 282 g/mol. The van der Waals surface area contributed by atoms with Gasteiger partial charge in [0.15, 0.2) is 6.61 Å². The molecule has 4 heteroatoms. The lowest BCUT2D eigenvalue weighted by molar-refractivity contribution is 0.341. The molecule has 0 unspecified atom stereocenters. The lowest BCUT2D eigenvalue weighted by Gasteiger charge is -2.12. The van der Waals surface area contributed by atoms with E-state index in [-0.39, 0.29) is 6.61 Å². The molecule has 4 nitrogen and oxygen atoms in total. The van der Waals surface area contributed by atoms with Gasteiger partial charge in [0.05, 0.1) is 12.3 Å². The van der Waals surface area contributed by atoms with Crippen LogP contribution in [0, 0.1) is 11.3 Å². The Morgan fingerprint density at radius 2 is 1.95 bits per heavy atom. The molecule has 0 saturated carbocycles. The van der Waals surface area contributed by atoms with E-state index in [1.165, 1.54) is 0 Å². The van der Waals surface area contributed by atoms with Gasteiger partial charge in [0, 0.05) is 6.54 Å². The molecular weight excluding hydrogens is 264 g/mol. The van der Waals surface area contributed by atoms with Gasteiger partial charge in [-0.05, 0) is 36.8 Å². The van der Waals surface area contributed by atoms with Crippen molar-refractivity contribution in [2.45, 2.75) is 13.5 Å². The van der Waals surface area contributed by atoms with Crippen LogP contribution in [0.25, 0.3) is 0 Å². The van der Waals surface area contributed by atoms with Crippen LogP contribution in [0.5, 0.6) is 11.5 Å². The molecule has 1 N–H and O–H groups in total. The van der Waals surface area contributed by atoms with Crippen molar-refractivity contribution in [3.63, 3.8) is 0 Å². The van der Waals surface area contributed by atoms with Crippen molar-refractivity contribution >= 4 is 5.69 Å². The summed E-state index contributed by atoms with van der Waals surface area (Å²) < 4.78 is 10.9. The van der Waals surface area contributed by atoms with Gasteiger partial charge in [-0.15, -0.1) is 0 Å². The van der Waals surface area contributed by atoms with Crippen molar-refractivity contribution < 1.29 is 9.47 Å². The largest absolute Gasteiger partial charge is 0.492 e. The summed E-state index contributed by atoms with van der Waals surface area (Å²) in [4.78, 5) is 0. The summed E-state index contributed by atoms with van der Waals surface area (Å²) in [5, 5.41) is 11.9. The number of benzene rings is 2. The van der Waals surface area contributed by atoms with Crippen LogP contribution in [0.1, 0.15) is 12.5 Å². The standard InChI is InChI=1S/C17H18N2O2/c1-2-20-17-9-4-3-8-16(17)19-13-14-6-5-7-15(12-14)21-11-10-18/h3-9,12,19H,2,11,13H2,1H3. The number of hydrogen-bond donors (Lipinski definition) is 1. The Labute approximate surface area is 124 Å². The van der Waals surface area contributed by atoms with Gasteiger partial charge in [-0.2, -0.15) is 5.26 Å². The summed E-state index contributed by atoms with van der Waals surface area (Å²) >= 11 is 0. The van der Waals surface area contributed by atoms with Crippen LogP contribution in [-0.2, 0) is 6.54 Å².